The average molecular weight is 857 g/mol. The molecule has 0 aliphatic carbocycles. The maximum Gasteiger partial charge on any atom is 0.311 e. The highest BCUT2D eigenvalue weighted by Crippen LogP contribution is 2.57. The molecule has 0 fully saturated rings. The first kappa shape index (κ1) is 40.9. The molecule has 8 nitrogen and oxygen atoms in total. The van der Waals surface area contributed by atoms with E-state index in [2.05, 4.69) is 46.7 Å². The molecule has 1 heterocycles. The van der Waals surface area contributed by atoms with Crippen LogP contribution < -0.4 is 44.5 Å². The van der Waals surface area contributed by atoms with E-state index in [0.717, 1.165) is 56.1 Å². The van der Waals surface area contributed by atoms with E-state index in [0.29, 0.717) is 27.9 Å². The molecular formula is C50H43N4O4P3. The quantitative estimate of drug-likeness (QED) is 0.0673. The molecule has 0 saturated heterocycles. The topological polar surface area (TPSA) is 92.9 Å². The van der Waals surface area contributed by atoms with Gasteiger partial charge in [0.15, 0.2) is 0 Å². The Bertz CT molecular complexity index is 2640. The van der Waals surface area contributed by atoms with E-state index in [-0.39, 0.29) is 0 Å². The lowest BCUT2D eigenvalue weighted by atomic mass is 10.0. The van der Waals surface area contributed by atoms with Crippen LogP contribution in [0.15, 0.2) is 190 Å². The van der Waals surface area contributed by atoms with Gasteiger partial charge in [-0.25, -0.2) is 0 Å². The van der Waals surface area contributed by atoms with Crippen molar-refractivity contribution in [3.8, 4) is 28.4 Å². The van der Waals surface area contributed by atoms with E-state index in [1.807, 2.05) is 152 Å². The van der Waals surface area contributed by atoms with Gasteiger partial charge in [0.2, 0.25) is 0 Å². The normalized spacial score (nSPS) is 13.7. The molecule has 0 saturated carbocycles. The van der Waals surface area contributed by atoms with E-state index >= 15 is 4.57 Å². The van der Waals surface area contributed by atoms with Crippen molar-refractivity contribution in [1.82, 2.24) is 0 Å². The van der Waals surface area contributed by atoms with Crippen LogP contribution in [0.25, 0.3) is 35.4 Å². The maximum absolute atomic E-state index is 16.0. The molecule has 0 bridgehead atoms. The van der Waals surface area contributed by atoms with Crippen molar-refractivity contribution >= 4 is 81.9 Å². The van der Waals surface area contributed by atoms with Crippen molar-refractivity contribution in [2.24, 2.45) is 0 Å². The van der Waals surface area contributed by atoms with Crippen LogP contribution in [0.3, 0.4) is 0 Å². The summed E-state index contributed by atoms with van der Waals surface area (Å²) in [4.78, 5) is 0. The third-order valence-electron chi connectivity index (χ3n) is 9.77. The van der Waals surface area contributed by atoms with Gasteiger partial charge in [0.25, 0.3) is 0 Å². The second-order valence-corrected chi connectivity index (χ2v) is 18.5. The minimum absolute atomic E-state index is 0.340. The van der Waals surface area contributed by atoms with Gasteiger partial charge in [-0.2, -0.15) is 0 Å². The number of nitrogens with one attached hydrogen (secondary N) is 4. The smallest absolute Gasteiger partial charge is 0.311 e. The summed E-state index contributed by atoms with van der Waals surface area (Å²) < 4.78 is 36.4. The fourth-order valence-electron chi connectivity index (χ4n) is 6.55. The van der Waals surface area contributed by atoms with Crippen LogP contribution in [-0.2, 0) is 4.57 Å². The Morgan fingerprint density at radius 1 is 0.459 bits per heavy atom. The minimum atomic E-state index is -3.91. The highest BCUT2D eigenvalue weighted by molar-refractivity contribution is 7.75. The summed E-state index contributed by atoms with van der Waals surface area (Å²) in [6.07, 6.45) is 7.19. The molecule has 1 atom stereocenters. The number of anilines is 4. The summed E-state index contributed by atoms with van der Waals surface area (Å²) in [5.74, 6) is 1.31. The molecule has 11 heteroatoms. The first-order chi connectivity index (χ1) is 29.8. The molecule has 0 radical (unpaired) electrons. The maximum atomic E-state index is 16.0. The Labute approximate surface area is 359 Å². The van der Waals surface area contributed by atoms with Crippen molar-refractivity contribution in [2.45, 2.75) is 0 Å². The lowest BCUT2D eigenvalue weighted by Crippen LogP contribution is -2.26. The van der Waals surface area contributed by atoms with Crippen LogP contribution in [0.4, 0.5) is 22.7 Å². The van der Waals surface area contributed by atoms with E-state index in [9.17, 15) is 0 Å². The Morgan fingerprint density at radius 2 is 0.869 bits per heavy atom. The molecule has 0 amide bonds. The van der Waals surface area contributed by atoms with Crippen molar-refractivity contribution in [3.05, 3.63) is 212 Å². The monoisotopic (exact) mass is 856 g/mol. The number of hydrogen-bond donors (Lipinski definition) is 4. The SMILES string of the molecule is C=Cc1ccc(NP(Nc2ccc(C=C)cc2)Oc2ccc(OP(Nc3ccc(C=C)cc3)Nc3ccc(C=C)cc3)c(P3(=O)Oc4ccccc4-c4ccccc43)c2)cc1. The Morgan fingerprint density at radius 3 is 1.33 bits per heavy atom. The third kappa shape index (κ3) is 9.49. The average Bonchev–Trinajstić information content (AvgIpc) is 3.30. The van der Waals surface area contributed by atoms with E-state index in [1.165, 1.54) is 0 Å². The molecular weight excluding hydrogens is 813 g/mol. The highest BCUT2D eigenvalue weighted by Gasteiger charge is 2.41. The standard InChI is InChI=1S/C50H43N4O4P3/c1-5-36-17-25-40(26-18-36)51-59(52-41-27-19-37(6-2)20-28-41)56-44-33-34-48(50(35-44)61(55)49-16-12-10-14-46(49)45-13-9-11-15-47(45)58-61)57-60(53-42-29-21-38(7-3)22-30-42)54-43-31-23-39(8-4)24-32-43/h5-35,51-54H,1-4H2. The van der Waals surface area contributed by atoms with E-state index < -0.39 is 24.3 Å². The second-order valence-electron chi connectivity index (χ2n) is 13.8. The summed E-state index contributed by atoms with van der Waals surface area (Å²) in [6, 6.07) is 52.3. The van der Waals surface area contributed by atoms with Gasteiger partial charge in [-0.3, -0.25) is 4.57 Å². The number of hydrogen-bond acceptors (Lipinski definition) is 8. The summed E-state index contributed by atoms with van der Waals surface area (Å²) in [6.45, 7) is 15.6. The molecule has 4 N–H and O–H groups in total. The van der Waals surface area contributed by atoms with Crippen LogP contribution in [0.2, 0.25) is 0 Å². The van der Waals surface area contributed by atoms with Gasteiger partial charge in [0, 0.05) is 28.3 Å². The van der Waals surface area contributed by atoms with E-state index in [4.69, 9.17) is 13.6 Å². The predicted octanol–water partition coefficient (Wildman–Crippen LogP) is 14.2. The Hall–Kier alpha value is -6.81. The Balaban J connectivity index is 1.22. The van der Waals surface area contributed by atoms with Gasteiger partial charge in [0.05, 0.1) is 10.6 Å². The van der Waals surface area contributed by atoms with Crippen molar-refractivity contribution in [3.63, 3.8) is 0 Å². The number of para-hydroxylation sites is 1. The zero-order chi connectivity index (χ0) is 42.2. The minimum Gasteiger partial charge on any atom is -0.437 e. The van der Waals surface area contributed by atoms with Crippen molar-refractivity contribution < 1.29 is 18.1 Å². The second kappa shape index (κ2) is 18.6. The van der Waals surface area contributed by atoms with Crippen molar-refractivity contribution in [2.75, 3.05) is 20.3 Å². The van der Waals surface area contributed by atoms with Crippen LogP contribution in [0, 0.1) is 0 Å². The van der Waals surface area contributed by atoms with Crippen molar-refractivity contribution in [1.29, 1.82) is 0 Å². The predicted molar refractivity (Wildman–Crippen MR) is 262 cm³/mol. The van der Waals surface area contributed by atoms with Crippen LogP contribution in [0.1, 0.15) is 22.3 Å². The fourth-order valence-corrected chi connectivity index (χ4v) is 11.5. The zero-order valence-corrected chi connectivity index (χ0v) is 35.9. The molecule has 302 valence electrons. The van der Waals surface area contributed by atoms with Gasteiger partial charge in [-0.05, 0) is 107 Å². The van der Waals surface area contributed by atoms with Gasteiger partial charge in [-0.1, -0.05) is 136 Å². The summed E-state index contributed by atoms with van der Waals surface area (Å²) in [7, 11) is -7.23. The lowest BCUT2D eigenvalue weighted by molar-refractivity contribution is 0.500. The first-order valence-electron chi connectivity index (χ1n) is 19.4. The molecule has 7 aromatic rings. The summed E-state index contributed by atoms with van der Waals surface area (Å²) >= 11 is 0. The highest BCUT2D eigenvalue weighted by atomic mass is 31.2. The molecule has 8 rings (SSSR count). The van der Waals surface area contributed by atoms with Gasteiger partial charge >= 0.3 is 24.3 Å². The lowest BCUT2D eigenvalue weighted by Gasteiger charge is -2.31. The molecule has 0 spiro atoms. The number of fused-ring (bicyclic) bond motifs is 3. The largest absolute Gasteiger partial charge is 0.437 e. The van der Waals surface area contributed by atoms with Crippen LogP contribution >= 0.6 is 24.3 Å². The van der Waals surface area contributed by atoms with Gasteiger partial charge in [0.1, 0.15) is 17.2 Å². The molecule has 61 heavy (non-hydrogen) atoms. The summed E-state index contributed by atoms with van der Waals surface area (Å²) in [5.41, 5.74) is 8.96. The first-order valence-corrected chi connectivity index (χ1v) is 23.5. The molecule has 1 unspecified atom stereocenters. The molecule has 7 aromatic carbocycles. The van der Waals surface area contributed by atoms with Crippen LogP contribution in [-0.4, -0.2) is 0 Å². The van der Waals surface area contributed by atoms with E-state index in [1.54, 1.807) is 36.4 Å². The fraction of sp³-hybridized carbons (Fsp3) is 0. The third-order valence-corrected chi connectivity index (χ3v) is 14.8. The molecule has 1 aliphatic rings. The molecule has 0 aromatic heterocycles. The number of rotatable bonds is 17. The van der Waals surface area contributed by atoms with Crippen LogP contribution in [0.5, 0.6) is 17.2 Å². The zero-order valence-electron chi connectivity index (χ0n) is 33.2. The summed E-state index contributed by atoms with van der Waals surface area (Å²) in [5, 5.41) is 15.0. The number of benzene rings is 7. The molecule has 1 aliphatic heterocycles. The van der Waals surface area contributed by atoms with Gasteiger partial charge in [-0.15, -0.1) is 0 Å². The van der Waals surface area contributed by atoms with Gasteiger partial charge < -0.3 is 33.9 Å². The Kier molecular flexibility index (Phi) is 12.5.